The highest BCUT2D eigenvalue weighted by Crippen LogP contribution is 2.37. The summed E-state index contributed by atoms with van der Waals surface area (Å²) >= 11 is 0. The molecule has 0 aliphatic rings. The van der Waals surface area contributed by atoms with Gasteiger partial charge in [-0.2, -0.15) is 0 Å². The van der Waals surface area contributed by atoms with Gasteiger partial charge in [-0.3, -0.25) is 4.99 Å². The zero-order valence-electron chi connectivity index (χ0n) is 14.4. The lowest BCUT2D eigenvalue weighted by Gasteiger charge is -2.30. The fourth-order valence-electron chi connectivity index (χ4n) is 1.50. The van der Waals surface area contributed by atoms with Crippen molar-refractivity contribution < 1.29 is 0 Å². The number of hydrogen-bond donors (Lipinski definition) is 0. The maximum atomic E-state index is 4.98. The maximum absolute atomic E-state index is 4.98. The molecule has 0 aromatic heterocycles. The van der Waals surface area contributed by atoms with Crippen LogP contribution in [0.25, 0.3) is 0 Å². The minimum atomic E-state index is 0.0872. The molecule has 0 amide bonds. The molecule has 0 fully saturated rings. The van der Waals surface area contributed by atoms with Gasteiger partial charge in [0.25, 0.3) is 0 Å². The Kier molecular flexibility index (Phi) is 5.02. The molecule has 0 saturated heterocycles. The van der Waals surface area contributed by atoms with E-state index in [0.717, 1.165) is 0 Å². The molecular formula is C17H33N. The second-order valence-corrected chi connectivity index (χ2v) is 8.42. The van der Waals surface area contributed by atoms with Crippen LogP contribution < -0.4 is 0 Å². The summed E-state index contributed by atoms with van der Waals surface area (Å²) in [5.41, 5.74) is 4.22. The van der Waals surface area contributed by atoms with E-state index in [4.69, 9.17) is 4.99 Å². The predicted molar refractivity (Wildman–Crippen MR) is 84.2 cm³/mol. The van der Waals surface area contributed by atoms with Crippen molar-refractivity contribution in [2.24, 2.45) is 21.2 Å². The first-order valence-electron chi connectivity index (χ1n) is 6.95. The van der Waals surface area contributed by atoms with E-state index in [2.05, 4.69) is 76.2 Å². The van der Waals surface area contributed by atoms with Crippen LogP contribution in [0.4, 0.5) is 0 Å². The quantitative estimate of drug-likeness (QED) is 0.518. The van der Waals surface area contributed by atoms with Crippen molar-refractivity contribution in [1.29, 1.82) is 0 Å². The van der Waals surface area contributed by atoms with E-state index in [0.29, 0.717) is 0 Å². The molecule has 1 nitrogen and oxygen atoms in total. The van der Waals surface area contributed by atoms with Gasteiger partial charge in [0.1, 0.15) is 0 Å². The van der Waals surface area contributed by atoms with Crippen molar-refractivity contribution in [2.45, 2.75) is 76.2 Å². The van der Waals surface area contributed by atoms with Gasteiger partial charge in [0.2, 0.25) is 0 Å². The zero-order valence-corrected chi connectivity index (χ0v) is 14.4. The average molecular weight is 251 g/mol. The van der Waals surface area contributed by atoms with E-state index >= 15 is 0 Å². The fourth-order valence-corrected chi connectivity index (χ4v) is 1.50. The van der Waals surface area contributed by atoms with Gasteiger partial charge in [0.15, 0.2) is 0 Å². The number of rotatable bonds is 1. The lowest BCUT2D eigenvalue weighted by Crippen LogP contribution is -2.22. The largest absolute Gasteiger partial charge is 0.261 e. The van der Waals surface area contributed by atoms with Gasteiger partial charge in [-0.1, -0.05) is 62.3 Å². The third kappa shape index (κ3) is 4.96. The molecule has 0 spiro atoms. The molecule has 0 heterocycles. The molecule has 0 unspecified atom stereocenters. The number of aliphatic imine (C=N–C) groups is 1. The van der Waals surface area contributed by atoms with Crippen molar-refractivity contribution in [3.8, 4) is 0 Å². The van der Waals surface area contributed by atoms with Gasteiger partial charge < -0.3 is 0 Å². The minimum absolute atomic E-state index is 0.0872. The van der Waals surface area contributed by atoms with Crippen LogP contribution in [0.3, 0.4) is 0 Å². The van der Waals surface area contributed by atoms with Crippen LogP contribution in [0.15, 0.2) is 16.3 Å². The smallest absolute Gasteiger partial charge is 0.0451 e. The van der Waals surface area contributed by atoms with Gasteiger partial charge in [-0.05, 0) is 30.3 Å². The Bertz CT molecular complexity index is 349. The van der Waals surface area contributed by atoms with E-state index in [-0.39, 0.29) is 16.2 Å². The standard InChI is InChI=1S/C17H33N/c1-12(15(3,4)5)14(17(9,10)11)18-13(2)16(6,7)8/h1-11H3/b14-12+,18-13?. The van der Waals surface area contributed by atoms with Crippen LogP contribution in [0.5, 0.6) is 0 Å². The summed E-state index contributed by atoms with van der Waals surface area (Å²) < 4.78 is 0. The van der Waals surface area contributed by atoms with Crippen molar-refractivity contribution in [3.05, 3.63) is 11.3 Å². The first-order valence-corrected chi connectivity index (χ1v) is 6.95. The lowest BCUT2D eigenvalue weighted by molar-refractivity contribution is 0.439. The highest BCUT2D eigenvalue weighted by Gasteiger charge is 2.26. The summed E-state index contributed by atoms with van der Waals surface area (Å²) in [5.74, 6) is 0. The number of hydrogen-bond acceptors (Lipinski definition) is 1. The van der Waals surface area contributed by atoms with E-state index < -0.39 is 0 Å². The average Bonchev–Trinajstić information content (AvgIpc) is 2.07. The van der Waals surface area contributed by atoms with Crippen LogP contribution in [0, 0.1) is 16.2 Å². The van der Waals surface area contributed by atoms with Crippen LogP contribution in [0.2, 0.25) is 0 Å². The molecule has 0 aromatic carbocycles. The van der Waals surface area contributed by atoms with Gasteiger partial charge in [0, 0.05) is 16.8 Å². The Morgan fingerprint density at radius 1 is 0.611 bits per heavy atom. The van der Waals surface area contributed by atoms with Gasteiger partial charge in [-0.15, -0.1) is 0 Å². The minimum Gasteiger partial charge on any atom is -0.261 e. The highest BCUT2D eigenvalue weighted by molar-refractivity contribution is 5.87. The SMILES string of the molecule is CC(=N/C(=C(\C)C(C)(C)C)C(C)(C)C)C(C)(C)C. The van der Waals surface area contributed by atoms with Gasteiger partial charge >= 0.3 is 0 Å². The number of nitrogens with zero attached hydrogens (tertiary/aromatic N) is 1. The third-order valence-electron chi connectivity index (χ3n) is 3.56. The Labute approximate surface area is 115 Å². The molecule has 18 heavy (non-hydrogen) atoms. The second-order valence-electron chi connectivity index (χ2n) is 8.42. The van der Waals surface area contributed by atoms with Gasteiger partial charge in [0.05, 0.1) is 0 Å². The Balaban J connectivity index is 5.88. The Hall–Kier alpha value is -0.590. The molecule has 1 heteroatoms. The molecule has 0 aromatic rings. The Morgan fingerprint density at radius 3 is 1.22 bits per heavy atom. The highest BCUT2D eigenvalue weighted by atomic mass is 14.8. The predicted octanol–water partition coefficient (Wildman–Crippen LogP) is 5.86. The summed E-state index contributed by atoms with van der Waals surface area (Å²) in [4.78, 5) is 4.98. The molecule has 0 rings (SSSR count). The molecular weight excluding hydrogens is 218 g/mol. The summed E-state index contributed by atoms with van der Waals surface area (Å²) in [6.45, 7) is 24.5. The van der Waals surface area contributed by atoms with Crippen LogP contribution in [0.1, 0.15) is 76.2 Å². The monoisotopic (exact) mass is 251 g/mol. The third-order valence-corrected chi connectivity index (χ3v) is 3.56. The van der Waals surface area contributed by atoms with Crippen molar-refractivity contribution in [3.63, 3.8) is 0 Å². The topological polar surface area (TPSA) is 12.4 Å². The summed E-state index contributed by atoms with van der Waals surface area (Å²) in [5, 5.41) is 0. The molecule has 0 radical (unpaired) electrons. The summed E-state index contributed by atoms with van der Waals surface area (Å²) in [6.07, 6.45) is 0. The molecule has 106 valence electrons. The van der Waals surface area contributed by atoms with Crippen molar-refractivity contribution >= 4 is 5.71 Å². The van der Waals surface area contributed by atoms with Crippen LogP contribution in [-0.4, -0.2) is 5.71 Å². The molecule has 0 atom stereocenters. The molecule has 0 aliphatic heterocycles. The first kappa shape index (κ1) is 17.4. The molecule has 0 bridgehead atoms. The summed E-state index contributed by atoms with van der Waals surface area (Å²) in [7, 11) is 0. The van der Waals surface area contributed by atoms with E-state index in [1.807, 2.05) is 0 Å². The van der Waals surface area contributed by atoms with E-state index in [1.165, 1.54) is 17.0 Å². The first-order chi connectivity index (χ1) is 7.67. The second kappa shape index (κ2) is 5.19. The van der Waals surface area contributed by atoms with Crippen LogP contribution >= 0.6 is 0 Å². The fraction of sp³-hybridized carbons (Fsp3) is 0.824. The number of allylic oxidation sites excluding steroid dienone is 2. The maximum Gasteiger partial charge on any atom is 0.0451 e. The van der Waals surface area contributed by atoms with E-state index in [9.17, 15) is 0 Å². The van der Waals surface area contributed by atoms with Crippen LogP contribution in [-0.2, 0) is 0 Å². The normalized spacial score (nSPS) is 16.7. The van der Waals surface area contributed by atoms with Gasteiger partial charge in [-0.25, -0.2) is 0 Å². The molecule has 0 N–H and O–H groups in total. The van der Waals surface area contributed by atoms with Crippen molar-refractivity contribution in [1.82, 2.24) is 0 Å². The summed E-state index contributed by atoms with van der Waals surface area (Å²) in [6, 6.07) is 0. The Morgan fingerprint density at radius 2 is 1.00 bits per heavy atom. The van der Waals surface area contributed by atoms with E-state index in [1.54, 1.807) is 0 Å². The lowest BCUT2D eigenvalue weighted by atomic mass is 9.79. The molecule has 0 saturated carbocycles. The van der Waals surface area contributed by atoms with Crippen molar-refractivity contribution in [2.75, 3.05) is 0 Å². The zero-order chi connectivity index (χ0) is 14.9. The molecule has 0 aliphatic carbocycles.